The van der Waals surface area contributed by atoms with Gasteiger partial charge in [0, 0.05) is 18.7 Å². The van der Waals surface area contributed by atoms with Gasteiger partial charge in [0.1, 0.15) is 17.3 Å². The number of carbonyl (C=O) groups excluding carboxylic acids is 1. The second kappa shape index (κ2) is 9.51. The lowest BCUT2D eigenvalue weighted by molar-refractivity contribution is 0.0951. The van der Waals surface area contributed by atoms with Crippen molar-refractivity contribution in [2.24, 2.45) is 0 Å². The van der Waals surface area contributed by atoms with Gasteiger partial charge in [-0.2, -0.15) is 0 Å². The lowest BCUT2D eigenvalue weighted by Gasteiger charge is -2.09. The second-order valence-corrected chi connectivity index (χ2v) is 8.18. The minimum absolute atomic E-state index is 0.109. The number of ether oxygens (including phenoxy) is 1. The molecule has 0 spiro atoms. The summed E-state index contributed by atoms with van der Waals surface area (Å²) in [7, 11) is -3.55. The summed E-state index contributed by atoms with van der Waals surface area (Å²) in [5, 5.41) is 2.79. The molecule has 3 aromatic carbocycles. The highest BCUT2D eigenvalue weighted by Crippen LogP contribution is 2.22. The van der Waals surface area contributed by atoms with Gasteiger partial charge in [0.25, 0.3) is 5.91 Å². The molecule has 6 nitrogen and oxygen atoms in total. The van der Waals surface area contributed by atoms with Crippen LogP contribution in [0.2, 0.25) is 0 Å². The fraction of sp³-hybridized carbons (Fsp3) is 0.136. The standard InChI is InChI=1S/C22H21FN2O4S/c1-2-25-30(27,28)21-13-5-17(6-14-21)22(26)24-15-16-3-9-19(10-4-16)29-20-11-7-18(23)8-12-20/h3-14,25H,2,15H2,1H3,(H,24,26). The molecule has 0 saturated heterocycles. The zero-order valence-corrected chi connectivity index (χ0v) is 17.1. The number of nitrogens with one attached hydrogen (secondary N) is 2. The summed E-state index contributed by atoms with van der Waals surface area (Å²) in [6, 6.07) is 18.6. The molecule has 0 aromatic heterocycles. The molecule has 30 heavy (non-hydrogen) atoms. The van der Waals surface area contributed by atoms with Gasteiger partial charge in [0.2, 0.25) is 10.0 Å². The molecular weight excluding hydrogens is 407 g/mol. The van der Waals surface area contributed by atoms with E-state index in [0.29, 0.717) is 23.6 Å². The molecule has 0 heterocycles. The minimum Gasteiger partial charge on any atom is -0.457 e. The monoisotopic (exact) mass is 428 g/mol. The predicted molar refractivity (Wildman–Crippen MR) is 111 cm³/mol. The summed E-state index contributed by atoms with van der Waals surface area (Å²) >= 11 is 0. The quantitative estimate of drug-likeness (QED) is 0.571. The third-order valence-electron chi connectivity index (χ3n) is 4.19. The lowest BCUT2D eigenvalue weighted by Crippen LogP contribution is -2.24. The molecule has 156 valence electrons. The molecule has 2 N–H and O–H groups in total. The van der Waals surface area contributed by atoms with Crippen molar-refractivity contribution < 1.29 is 22.3 Å². The van der Waals surface area contributed by atoms with E-state index in [-0.39, 0.29) is 23.2 Å². The number of sulfonamides is 1. The minimum atomic E-state index is -3.55. The number of benzene rings is 3. The van der Waals surface area contributed by atoms with Crippen LogP contribution in [0.3, 0.4) is 0 Å². The van der Waals surface area contributed by atoms with Crippen molar-refractivity contribution in [3.63, 3.8) is 0 Å². The maximum atomic E-state index is 12.9. The summed E-state index contributed by atoms with van der Waals surface area (Å²) in [6.45, 7) is 2.28. The first kappa shape index (κ1) is 21.5. The second-order valence-electron chi connectivity index (χ2n) is 6.41. The van der Waals surface area contributed by atoms with E-state index in [1.165, 1.54) is 48.5 Å². The van der Waals surface area contributed by atoms with Crippen LogP contribution in [0.25, 0.3) is 0 Å². The molecule has 0 aliphatic heterocycles. The summed E-state index contributed by atoms with van der Waals surface area (Å²) in [5.41, 5.74) is 1.22. The van der Waals surface area contributed by atoms with Gasteiger partial charge in [-0.1, -0.05) is 19.1 Å². The maximum absolute atomic E-state index is 12.9. The highest BCUT2D eigenvalue weighted by atomic mass is 32.2. The fourth-order valence-electron chi connectivity index (χ4n) is 2.66. The molecule has 0 atom stereocenters. The Morgan fingerprint density at radius 2 is 1.47 bits per heavy atom. The first-order valence-electron chi connectivity index (χ1n) is 9.27. The van der Waals surface area contributed by atoms with Gasteiger partial charge < -0.3 is 10.1 Å². The van der Waals surface area contributed by atoms with Gasteiger partial charge >= 0.3 is 0 Å². The predicted octanol–water partition coefficient (Wildman–Crippen LogP) is 3.85. The summed E-state index contributed by atoms with van der Waals surface area (Å²) in [5.74, 6) is 0.475. The van der Waals surface area contributed by atoms with Crippen LogP contribution in [0.4, 0.5) is 4.39 Å². The van der Waals surface area contributed by atoms with Crippen LogP contribution in [-0.2, 0) is 16.6 Å². The molecule has 0 aliphatic carbocycles. The van der Waals surface area contributed by atoms with Crippen molar-refractivity contribution >= 4 is 15.9 Å². The van der Waals surface area contributed by atoms with Gasteiger partial charge in [-0.15, -0.1) is 0 Å². The number of hydrogen-bond donors (Lipinski definition) is 2. The molecule has 3 aromatic rings. The normalized spacial score (nSPS) is 11.1. The first-order valence-corrected chi connectivity index (χ1v) is 10.8. The van der Waals surface area contributed by atoms with Crippen LogP contribution in [0.1, 0.15) is 22.8 Å². The summed E-state index contributed by atoms with van der Waals surface area (Å²) < 4.78 is 44.9. The van der Waals surface area contributed by atoms with E-state index < -0.39 is 10.0 Å². The van der Waals surface area contributed by atoms with Gasteiger partial charge in [0.05, 0.1) is 4.90 Å². The molecule has 0 bridgehead atoms. The van der Waals surface area contributed by atoms with Crippen molar-refractivity contribution in [2.45, 2.75) is 18.4 Å². The molecule has 1 amide bonds. The highest BCUT2D eigenvalue weighted by Gasteiger charge is 2.13. The van der Waals surface area contributed by atoms with Crippen LogP contribution < -0.4 is 14.8 Å². The topological polar surface area (TPSA) is 84.5 Å². The zero-order valence-electron chi connectivity index (χ0n) is 16.3. The Bertz CT molecular complexity index is 1100. The number of amides is 1. The first-order chi connectivity index (χ1) is 14.4. The van der Waals surface area contributed by atoms with Crippen LogP contribution in [0.5, 0.6) is 11.5 Å². The molecule has 0 unspecified atom stereocenters. The maximum Gasteiger partial charge on any atom is 0.251 e. The highest BCUT2D eigenvalue weighted by molar-refractivity contribution is 7.89. The van der Waals surface area contributed by atoms with E-state index in [4.69, 9.17) is 4.74 Å². The van der Waals surface area contributed by atoms with Crippen LogP contribution >= 0.6 is 0 Å². The summed E-state index contributed by atoms with van der Waals surface area (Å²) in [4.78, 5) is 12.4. The molecular formula is C22H21FN2O4S. The van der Waals surface area contributed by atoms with Gasteiger partial charge in [-0.3, -0.25) is 4.79 Å². The molecule has 0 radical (unpaired) electrons. The zero-order chi connectivity index (χ0) is 21.6. The van der Waals surface area contributed by atoms with Crippen molar-refractivity contribution in [3.8, 4) is 11.5 Å². The van der Waals surface area contributed by atoms with E-state index in [1.807, 2.05) is 12.1 Å². The lowest BCUT2D eigenvalue weighted by atomic mass is 10.2. The van der Waals surface area contributed by atoms with Crippen molar-refractivity contribution in [2.75, 3.05) is 6.54 Å². The number of rotatable bonds is 8. The van der Waals surface area contributed by atoms with E-state index >= 15 is 0 Å². The van der Waals surface area contributed by atoms with Gasteiger partial charge in [-0.05, 0) is 66.2 Å². The Balaban J connectivity index is 1.56. The van der Waals surface area contributed by atoms with E-state index in [2.05, 4.69) is 10.0 Å². The average molecular weight is 428 g/mol. The van der Waals surface area contributed by atoms with Gasteiger partial charge in [0.15, 0.2) is 0 Å². The molecule has 0 saturated carbocycles. The van der Waals surface area contributed by atoms with Crippen molar-refractivity contribution in [3.05, 3.63) is 89.7 Å². The van der Waals surface area contributed by atoms with Crippen LogP contribution in [0.15, 0.2) is 77.7 Å². The Labute approximate surface area is 174 Å². The van der Waals surface area contributed by atoms with Gasteiger partial charge in [-0.25, -0.2) is 17.5 Å². The van der Waals surface area contributed by atoms with E-state index in [9.17, 15) is 17.6 Å². The molecule has 0 fully saturated rings. The largest absolute Gasteiger partial charge is 0.457 e. The number of halogens is 1. The molecule has 8 heteroatoms. The SMILES string of the molecule is CCNS(=O)(=O)c1ccc(C(=O)NCc2ccc(Oc3ccc(F)cc3)cc2)cc1. The molecule has 3 rings (SSSR count). The fourth-order valence-corrected chi connectivity index (χ4v) is 3.70. The number of carbonyl (C=O) groups is 1. The molecule has 0 aliphatic rings. The third-order valence-corrected chi connectivity index (χ3v) is 5.75. The smallest absolute Gasteiger partial charge is 0.251 e. The Morgan fingerprint density at radius 1 is 0.900 bits per heavy atom. The number of hydrogen-bond acceptors (Lipinski definition) is 4. The van der Waals surface area contributed by atoms with Crippen molar-refractivity contribution in [1.29, 1.82) is 0 Å². The van der Waals surface area contributed by atoms with Crippen LogP contribution in [0, 0.1) is 5.82 Å². The van der Waals surface area contributed by atoms with E-state index in [0.717, 1.165) is 5.56 Å². The summed E-state index contributed by atoms with van der Waals surface area (Å²) in [6.07, 6.45) is 0. The Hall–Kier alpha value is -3.23. The Morgan fingerprint density at radius 3 is 2.03 bits per heavy atom. The third kappa shape index (κ3) is 5.65. The average Bonchev–Trinajstić information content (AvgIpc) is 2.75. The van der Waals surface area contributed by atoms with E-state index in [1.54, 1.807) is 19.1 Å². The van der Waals surface area contributed by atoms with Crippen LogP contribution in [-0.4, -0.2) is 20.9 Å². The van der Waals surface area contributed by atoms with Crippen molar-refractivity contribution in [1.82, 2.24) is 10.0 Å². The Kier molecular flexibility index (Phi) is 6.81.